The van der Waals surface area contributed by atoms with Crippen LogP contribution in [0, 0.1) is 11.9 Å². The van der Waals surface area contributed by atoms with E-state index in [0.29, 0.717) is 0 Å². The van der Waals surface area contributed by atoms with Crippen molar-refractivity contribution in [3.05, 3.63) is 30.1 Å². The van der Waals surface area contributed by atoms with Gasteiger partial charge in [-0.2, -0.15) is 12.1 Å². The van der Waals surface area contributed by atoms with Crippen molar-refractivity contribution >= 4 is 23.1 Å². The van der Waals surface area contributed by atoms with Crippen molar-refractivity contribution in [1.82, 2.24) is 0 Å². The third-order valence-electron chi connectivity index (χ3n) is 0.974. The van der Waals surface area contributed by atoms with Gasteiger partial charge in [0.1, 0.15) is 0 Å². The number of hydrogen-bond acceptors (Lipinski definition) is 1. The van der Waals surface area contributed by atoms with Crippen LogP contribution in [-0.4, -0.2) is 30.2 Å². The molecular weight excluding hydrogens is 223 g/mol. The maximum absolute atomic E-state index is 12.4. The van der Waals surface area contributed by atoms with Gasteiger partial charge in [0.05, 0.1) is 7.11 Å². The Bertz CT molecular complexity index is 207. The molecule has 4 heteroatoms. The zero-order chi connectivity index (χ0) is 6.69. The summed E-state index contributed by atoms with van der Waals surface area (Å²) in [5, 5.41) is 0. The topological polar surface area (TPSA) is 9.23 Å². The third kappa shape index (κ3) is 3.93. The van der Waals surface area contributed by atoms with Gasteiger partial charge >= 0.3 is 23.1 Å². The zero-order valence-electron chi connectivity index (χ0n) is 6.10. The van der Waals surface area contributed by atoms with Crippen LogP contribution >= 0.6 is 0 Å². The van der Waals surface area contributed by atoms with Crippen LogP contribution in [0.1, 0.15) is 0 Å². The maximum atomic E-state index is 12.4. The fourth-order valence-corrected chi connectivity index (χ4v) is 0.557. The van der Waals surface area contributed by atoms with Crippen LogP contribution in [0.2, 0.25) is 0 Å². The fraction of sp³-hybridized carbons (Fsp3) is 0.143. The van der Waals surface area contributed by atoms with Gasteiger partial charge in [0.25, 0.3) is 0 Å². The normalized spacial score (nSPS) is 7.45. The molecule has 0 bridgehead atoms. The van der Waals surface area contributed by atoms with E-state index in [2.05, 4.69) is 10.8 Å². The van der Waals surface area contributed by atoms with Gasteiger partial charge in [-0.05, 0) is 0 Å². The van der Waals surface area contributed by atoms with E-state index in [9.17, 15) is 4.39 Å². The molecule has 0 radical (unpaired) electrons. The van der Waals surface area contributed by atoms with E-state index >= 15 is 0 Å². The second kappa shape index (κ2) is 6.88. The van der Waals surface area contributed by atoms with E-state index in [1.807, 2.05) is 0 Å². The van der Waals surface area contributed by atoms with Crippen molar-refractivity contribution in [1.29, 1.82) is 0 Å². The van der Waals surface area contributed by atoms with Crippen LogP contribution in [0.4, 0.5) is 4.39 Å². The average molecular weight is 229 g/mol. The Morgan fingerprint density at radius 2 is 2.18 bits per heavy atom. The molecule has 0 unspecified atom stereocenters. The van der Waals surface area contributed by atoms with Crippen molar-refractivity contribution < 1.29 is 26.1 Å². The summed E-state index contributed by atoms with van der Waals surface area (Å²) in [5.41, 5.74) is 0. The quantitative estimate of drug-likeness (QED) is 0.410. The summed E-state index contributed by atoms with van der Waals surface area (Å²) < 4.78 is 17.0. The molecule has 0 fully saturated rings. The predicted octanol–water partition coefficient (Wildman–Crippen LogP) is -1.74. The van der Waals surface area contributed by atoms with Crippen molar-refractivity contribution in [2.45, 2.75) is 0 Å². The molecule has 0 N–H and O–H groups in total. The van der Waals surface area contributed by atoms with Gasteiger partial charge in [0.15, 0.2) is 0 Å². The number of halogens is 2. The monoisotopic (exact) mass is 228 g/mol. The molecule has 0 atom stereocenters. The molecule has 1 aromatic carbocycles. The maximum Gasteiger partial charge on any atom is 2.00 e. The molecule has 0 amide bonds. The summed E-state index contributed by atoms with van der Waals surface area (Å²) in [4.78, 5) is 0. The van der Waals surface area contributed by atoms with E-state index in [-0.39, 0.29) is 51.6 Å². The molecule has 1 nitrogen and oxygen atoms in total. The minimum absolute atomic E-state index is 0. The average Bonchev–Trinajstić information content (AvgIpc) is 1.89. The van der Waals surface area contributed by atoms with Gasteiger partial charge in [0, 0.05) is 11.6 Å². The first-order valence-corrected chi connectivity index (χ1v) is 2.55. The SMILES string of the molecule is COc1[c-]cccc1F.[Br-].[Mg+2]. The molecule has 0 spiro atoms. The Hall–Kier alpha value is 0.196. The molecule has 0 heterocycles. The fourth-order valence-electron chi connectivity index (χ4n) is 0.557. The summed E-state index contributed by atoms with van der Waals surface area (Å²) in [6.45, 7) is 0. The van der Waals surface area contributed by atoms with Crippen LogP contribution in [0.5, 0.6) is 5.75 Å². The van der Waals surface area contributed by atoms with E-state index in [1.54, 1.807) is 12.1 Å². The van der Waals surface area contributed by atoms with E-state index in [1.165, 1.54) is 13.2 Å². The van der Waals surface area contributed by atoms with E-state index < -0.39 is 0 Å². The standard InChI is InChI=1S/C7H6FO.BrH.Mg/c1-9-7-5-3-2-4-6(7)8;;/h2-4H,1H3;1H;/q-1;;+2/p-1. The van der Waals surface area contributed by atoms with Crippen molar-refractivity contribution in [3.63, 3.8) is 0 Å². The molecule has 0 aliphatic carbocycles. The second-order valence-corrected chi connectivity index (χ2v) is 1.55. The number of para-hydroxylation sites is 1. The van der Waals surface area contributed by atoms with Gasteiger partial charge in [0.2, 0.25) is 0 Å². The summed E-state index contributed by atoms with van der Waals surface area (Å²) >= 11 is 0. The molecule has 11 heavy (non-hydrogen) atoms. The summed E-state index contributed by atoms with van der Waals surface area (Å²) in [6.07, 6.45) is 0. The molecule has 0 aliphatic heterocycles. The first kappa shape index (κ1) is 13.8. The van der Waals surface area contributed by atoms with Crippen LogP contribution in [0.25, 0.3) is 0 Å². The van der Waals surface area contributed by atoms with E-state index in [4.69, 9.17) is 0 Å². The molecular formula is C7H6BrFMgO. The van der Waals surface area contributed by atoms with E-state index in [0.717, 1.165) is 0 Å². The van der Waals surface area contributed by atoms with Gasteiger partial charge < -0.3 is 21.7 Å². The Morgan fingerprint density at radius 3 is 2.55 bits per heavy atom. The molecule has 1 aromatic rings. The zero-order valence-corrected chi connectivity index (χ0v) is 9.10. The molecule has 1 rings (SSSR count). The molecule has 56 valence electrons. The summed E-state index contributed by atoms with van der Waals surface area (Å²) in [6, 6.07) is 7.08. The first-order chi connectivity index (χ1) is 4.34. The number of methoxy groups -OCH3 is 1. The predicted molar refractivity (Wildman–Crippen MR) is 37.5 cm³/mol. The minimum Gasteiger partial charge on any atom is -1.00 e. The number of hydrogen-bond donors (Lipinski definition) is 0. The smallest absolute Gasteiger partial charge is 1.00 e. The van der Waals surface area contributed by atoms with Gasteiger partial charge in [-0.15, -0.1) is 12.1 Å². The second-order valence-electron chi connectivity index (χ2n) is 1.55. The summed E-state index contributed by atoms with van der Waals surface area (Å²) in [5.74, 6) is -0.211. The van der Waals surface area contributed by atoms with Gasteiger partial charge in [-0.1, -0.05) is 0 Å². The molecule has 0 saturated heterocycles. The van der Waals surface area contributed by atoms with Crippen molar-refractivity contribution in [2.24, 2.45) is 0 Å². The first-order valence-electron chi connectivity index (χ1n) is 2.55. The summed E-state index contributed by atoms with van der Waals surface area (Å²) in [7, 11) is 1.41. The Kier molecular flexibility index (Phi) is 8.61. The molecule has 0 aliphatic rings. The van der Waals surface area contributed by atoms with Gasteiger partial charge in [-0.25, -0.2) is 0 Å². The van der Waals surface area contributed by atoms with Crippen LogP contribution in [0.15, 0.2) is 18.2 Å². The number of benzene rings is 1. The van der Waals surface area contributed by atoms with Crippen molar-refractivity contribution in [3.8, 4) is 5.75 Å². The van der Waals surface area contributed by atoms with Gasteiger partial charge in [-0.3, -0.25) is 4.39 Å². The Balaban J connectivity index is 0. The van der Waals surface area contributed by atoms with Crippen LogP contribution < -0.4 is 21.7 Å². The third-order valence-corrected chi connectivity index (χ3v) is 0.974. The Labute approximate surface area is 91.9 Å². The minimum atomic E-state index is -0.375. The van der Waals surface area contributed by atoms with Crippen LogP contribution in [-0.2, 0) is 0 Å². The van der Waals surface area contributed by atoms with Crippen molar-refractivity contribution in [2.75, 3.05) is 7.11 Å². The molecule has 0 saturated carbocycles. The Morgan fingerprint density at radius 1 is 1.55 bits per heavy atom. The van der Waals surface area contributed by atoms with Crippen LogP contribution in [0.3, 0.4) is 0 Å². The number of ether oxygens (including phenoxy) is 1. The molecule has 0 aromatic heterocycles. The number of rotatable bonds is 1. The largest absolute Gasteiger partial charge is 2.00 e.